The number of fused-ring (bicyclic) bond motifs is 2. The number of hydrogen-bond acceptors (Lipinski definition) is 3. The Morgan fingerprint density at radius 1 is 1.28 bits per heavy atom. The zero-order chi connectivity index (χ0) is 20.0. The molecule has 2 heterocycles. The maximum absolute atomic E-state index is 14.9. The maximum atomic E-state index is 14.9. The summed E-state index contributed by atoms with van der Waals surface area (Å²) in [6.45, 7) is 2.31. The molecule has 0 fully saturated rings. The molecule has 2 aliphatic carbocycles. The second-order valence-electron chi connectivity index (χ2n) is 7.73. The van der Waals surface area contributed by atoms with Crippen LogP contribution in [0.2, 0.25) is 0 Å². The predicted octanol–water partition coefficient (Wildman–Crippen LogP) is 4.51. The molecule has 4 nitrogen and oxygen atoms in total. The molecule has 29 heavy (non-hydrogen) atoms. The first-order chi connectivity index (χ1) is 14.1. The van der Waals surface area contributed by atoms with Gasteiger partial charge in [-0.25, -0.2) is 9.37 Å². The Hall–Kier alpha value is -3.34. The summed E-state index contributed by atoms with van der Waals surface area (Å²) < 4.78 is 16.3. The lowest BCUT2D eigenvalue weighted by Gasteiger charge is -2.21. The van der Waals surface area contributed by atoms with Crippen LogP contribution in [0, 0.1) is 17.7 Å². The fourth-order valence-electron chi connectivity index (χ4n) is 4.25. The van der Waals surface area contributed by atoms with Crippen LogP contribution in [0.25, 0.3) is 16.5 Å². The van der Waals surface area contributed by atoms with E-state index in [4.69, 9.17) is 0 Å². The van der Waals surface area contributed by atoms with Gasteiger partial charge in [0, 0.05) is 17.7 Å². The number of halogens is 1. The van der Waals surface area contributed by atoms with Gasteiger partial charge in [-0.15, -0.1) is 0 Å². The molecular formula is C24H20FN3O. The van der Waals surface area contributed by atoms with Crippen LogP contribution in [-0.2, 0) is 6.54 Å². The molecule has 144 valence electrons. The molecule has 0 saturated carbocycles. The predicted molar refractivity (Wildman–Crippen MR) is 112 cm³/mol. The molecule has 0 N–H and O–H groups in total. The van der Waals surface area contributed by atoms with Gasteiger partial charge in [0.05, 0.1) is 30.0 Å². The van der Waals surface area contributed by atoms with Crippen molar-refractivity contribution >= 4 is 16.5 Å². The molecule has 0 aliphatic heterocycles. The number of nitrogens with zero attached hydrogens (tertiary/aromatic N) is 3. The highest BCUT2D eigenvalue weighted by Crippen LogP contribution is 2.39. The Morgan fingerprint density at radius 3 is 3.03 bits per heavy atom. The third kappa shape index (κ3) is 3.12. The summed E-state index contributed by atoms with van der Waals surface area (Å²) in [7, 11) is 0. The van der Waals surface area contributed by atoms with Gasteiger partial charge >= 0.3 is 0 Å². The van der Waals surface area contributed by atoms with Crippen LogP contribution < -0.4 is 5.56 Å². The van der Waals surface area contributed by atoms with E-state index in [1.807, 2.05) is 6.07 Å². The van der Waals surface area contributed by atoms with Gasteiger partial charge in [0.15, 0.2) is 0 Å². The second kappa shape index (κ2) is 6.92. The Bertz CT molecular complexity index is 1270. The van der Waals surface area contributed by atoms with Crippen LogP contribution in [0.4, 0.5) is 4.39 Å². The highest BCUT2D eigenvalue weighted by Gasteiger charge is 2.26. The van der Waals surface area contributed by atoms with E-state index in [9.17, 15) is 9.18 Å². The van der Waals surface area contributed by atoms with Gasteiger partial charge in [0.2, 0.25) is 0 Å². The third-order valence-corrected chi connectivity index (χ3v) is 5.93. The molecule has 2 aromatic heterocycles. The summed E-state index contributed by atoms with van der Waals surface area (Å²) in [5.74, 6) is 0.626. The normalized spacial score (nSPS) is 20.5. The maximum Gasteiger partial charge on any atom is 0.261 e. The quantitative estimate of drug-likeness (QED) is 0.623. The molecule has 2 aliphatic rings. The number of hydrogen-bond donors (Lipinski definition) is 0. The second-order valence-corrected chi connectivity index (χ2v) is 7.73. The fraction of sp³-hybridized carbons (Fsp3) is 0.208. The third-order valence-electron chi connectivity index (χ3n) is 5.93. The molecule has 5 rings (SSSR count). The molecule has 0 saturated heterocycles. The number of aromatic nitrogens is 3. The van der Waals surface area contributed by atoms with Crippen molar-refractivity contribution in [3.63, 3.8) is 0 Å². The zero-order valence-corrected chi connectivity index (χ0v) is 16.0. The van der Waals surface area contributed by atoms with Gasteiger partial charge < -0.3 is 0 Å². The van der Waals surface area contributed by atoms with Crippen molar-refractivity contribution in [1.29, 1.82) is 0 Å². The molecule has 0 spiro atoms. The van der Waals surface area contributed by atoms with E-state index in [0.29, 0.717) is 28.3 Å². The first-order valence-electron chi connectivity index (χ1n) is 9.75. The van der Waals surface area contributed by atoms with E-state index in [1.54, 1.807) is 30.6 Å². The average Bonchev–Trinajstić information content (AvgIpc) is 3.12. The van der Waals surface area contributed by atoms with E-state index in [0.717, 1.165) is 17.6 Å². The van der Waals surface area contributed by atoms with Gasteiger partial charge in [-0.05, 0) is 42.5 Å². The summed E-state index contributed by atoms with van der Waals surface area (Å²) in [6, 6.07) is 6.88. The van der Waals surface area contributed by atoms with E-state index in [-0.39, 0.29) is 17.9 Å². The molecule has 2 atom stereocenters. The Kier molecular flexibility index (Phi) is 4.23. The number of allylic oxidation sites excluding steroid dienone is 6. The van der Waals surface area contributed by atoms with Crippen molar-refractivity contribution in [3.8, 4) is 0 Å². The van der Waals surface area contributed by atoms with Crippen LogP contribution in [0.5, 0.6) is 0 Å². The first-order valence-corrected chi connectivity index (χ1v) is 9.75. The highest BCUT2D eigenvalue weighted by molar-refractivity contribution is 5.76. The van der Waals surface area contributed by atoms with Crippen molar-refractivity contribution in [2.45, 2.75) is 19.9 Å². The lowest BCUT2D eigenvalue weighted by atomic mass is 9.83. The van der Waals surface area contributed by atoms with Crippen LogP contribution in [0.1, 0.15) is 24.5 Å². The molecule has 0 radical (unpaired) electrons. The minimum atomic E-state index is -0.318. The summed E-state index contributed by atoms with van der Waals surface area (Å²) in [5, 5.41) is 0.479. The smallest absolute Gasteiger partial charge is 0.261 e. The van der Waals surface area contributed by atoms with Crippen LogP contribution in [-0.4, -0.2) is 14.5 Å². The highest BCUT2D eigenvalue weighted by atomic mass is 19.1. The fourth-order valence-corrected chi connectivity index (χ4v) is 4.25. The SMILES string of the molecule is CC1=CCC2C=C(c3ccc(Cn4cnc5cnccc5c4=O)c(F)c3)C=CC12. The van der Waals surface area contributed by atoms with E-state index in [1.165, 1.54) is 16.5 Å². The summed E-state index contributed by atoms with van der Waals surface area (Å²) in [6.07, 6.45) is 14.4. The van der Waals surface area contributed by atoms with Crippen molar-refractivity contribution in [3.05, 3.63) is 100 Å². The van der Waals surface area contributed by atoms with E-state index in [2.05, 4.69) is 41.2 Å². The molecule has 0 bridgehead atoms. The van der Waals surface area contributed by atoms with Crippen LogP contribution >= 0.6 is 0 Å². The number of rotatable bonds is 3. The lowest BCUT2D eigenvalue weighted by Crippen LogP contribution is -2.21. The zero-order valence-electron chi connectivity index (χ0n) is 16.0. The lowest BCUT2D eigenvalue weighted by molar-refractivity contribution is 0.579. The van der Waals surface area contributed by atoms with Crippen molar-refractivity contribution in [2.75, 3.05) is 0 Å². The molecular weight excluding hydrogens is 365 g/mol. The van der Waals surface area contributed by atoms with Gasteiger partial charge in [0.1, 0.15) is 5.82 Å². The molecule has 0 amide bonds. The van der Waals surface area contributed by atoms with Gasteiger partial charge in [-0.1, -0.05) is 42.0 Å². The first kappa shape index (κ1) is 17.7. The monoisotopic (exact) mass is 385 g/mol. The Morgan fingerprint density at radius 2 is 2.17 bits per heavy atom. The summed E-state index contributed by atoms with van der Waals surface area (Å²) in [5.41, 5.74) is 4.12. The molecule has 5 heteroatoms. The van der Waals surface area contributed by atoms with Crippen molar-refractivity contribution < 1.29 is 4.39 Å². The summed E-state index contributed by atoms with van der Waals surface area (Å²) in [4.78, 5) is 20.9. The summed E-state index contributed by atoms with van der Waals surface area (Å²) >= 11 is 0. The molecule has 1 aromatic carbocycles. The number of pyridine rings is 1. The minimum Gasteiger partial charge on any atom is -0.294 e. The number of benzene rings is 1. The van der Waals surface area contributed by atoms with Gasteiger partial charge in [-0.2, -0.15) is 0 Å². The average molecular weight is 385 g/mol. The minimum absolute atomic E-state index is 0.138. The molecule has 3 aromatic rings. The van der Waals surface area contributed by atoms with E-state index >= 15 is 0 Å². The largest absolute Gasteiger partial charge is 0.294 e. The standard InChI is InChI=1S/C24H20FN3O/c1-15-2-3-18-10-16(6-7-20(15)18)17-4-5-19(22(25)11-17)13-28-14-27-23-12-26-9-8-21(23)24(28)29/h2,4-12,14,18,20H,3,13H2,1H3. The molecule has 2 unspecified atom stereocenters. The van der Waals surface area contributed by atoms with E-state index < -0.39 is 0 Å². The topological polar surface area (TPSA) is 47.8 Å². The van der Waals surface area contributed by atoms with Crippen molar-refractivity contribution in [1.82, 2.24) is 14.5 Å². The van der Waals surface area contributed by atoms with Crippen molar-refractivity contribution in [2.24, 2.45) is 11.8 Å². The Labute approximate surface area is 167 Å². The van der Waals surface area contributed by atoms with Gasteiger partial charge in [0.25, 0.3) is 5.56 Å². The van der Waals surface area contributed by atoms with Crippen LogP contribution in [0.15, 0.2) is 77.7 Å². The van der Waals surface area contributed by atoms with Crippen LogP contribution in [0.3, 0.4) is 0 Å². The Balaban J connectivity index is 1.43. The van der Waals surface area contributed by atoms with Gasteiger partial charge in [-0.3, -0.25) is 14.3 Å².